The van der Waals surface area contributed by atoms with Crippen LogP contribution in [-0.4, -0.2) is 25.1 Å². The molecule has 27 heavy (non-hydrogen) atoms. The Morgan fingerprint density at radius 1 is 1.00 bits per heavy atom. The monoisotopic (exact) mass is 375 g/mol. The van der Waals surface area contributed by atoms with Gasteiger partial charge in [0, 0.05) is 17.3 Å². The minimum Gasteiger partial charge on any atom is -0.333 e. The maximum atomic E-state index is 12.9. The van der Waals surface area contributed by atoms with Gasteiger partial charge in [-0.1, -0.05) is 36.0 Å². The number of rotatable bonds is 5. The van der Waals surface area contributed by atoms with Crippen LogP contribution >= 0.6 is 11.8 Å². The van der Waals surface area contributed by atoms with Gasteiger partial charge in [0.05, 0.1) is 29.4 Å². The third-order valence-corrected chi connectivity index (χ3v) is 5.39. The lowest BCUT2D eigenvalue weighted by molar-refractivity contribution is 0.625. The summed E-state index contributed by atoms with van der Waals surface area (Å²) in [7, 11) is 0. The van der Waals surface area contributed by atoms with Gasteiger partial charge in [0.2, 0.25) is 0 Å². The minimum atomic E-state index is 0.0414. The van der Waals surface area contributed by atoms with Gasteiger partial charge >= 0.3 is 0 Å². The number of para-hydroxylation sites is 2. The van der Waals surface area contributed by atoms with E-state index in [9.17, 15) is 4.79 Å². The number of hydrogen-bond acceptors (Lipinski definition) is 5. The van der Waals surface area contributed by atoms with Gasteiger partial charge in [0.15, 0.2) is 16.4 Å². The van der Waals surface area contributed by atoms with Crippen molar-refractivity contribution in [3.8, 4) is 6.07 Å². The van der Waals surface area contributed by atoms with Gasteiger partial charge in [-0.3, -0.25) is 4.79 Å². The van der Waals surface area contributed by atoms with Gasteiger partial charge in [-0.05, 0) is 31.2 Å². The van der Waals surface area contributed by atoms with E-state index in [-0.39, 0.29) is 5.43 Å². The van der Waals surface area contributed by atoms with Gasteiger partial charge in [-0.15, -0.1) is 10.2 Å². The quantitative estimate of drug-likeness (QED) is 0.394. The molecule has 0 bridgehead atoms. The smallest absolute Gasteiger partial charge is 0.197 e. The number of fused-ring (bicyclic) bond motifs is 2. The van der Waals surface area contributed by atoms with Crippen LogP contribution in [0.4, 0.5) is 0 Å². The third kappa shape index (κ3) is 2.98. The van der Waals surface area contributed by atoms with Crippen molar-refractivity contribution in [3.63, 3.8) is 0 Å². The number of thioether (sulfide) groups is 1. The van der Waals surface area contributed by atoms with Crippen LogP contribution in [0.15, 0.2) is 58.5 Å². The molecule has 0 aliphatic heterocycles. The molecule has 0 amide bonds. The van der Waals surface area contributed by atoms with Crippen molar-refractivity contribution >= 4 is 33.6 Å². The summed E-state index contributed by atoms with van der Waals surface area (Å²) in [6.45, 7) is 3.24. The summed E-state index contributed by atoms with van der Waals surface area (Å²) in [6.07, 6.45) is 0. The van der Waals surface area contributed by atoms with Crippen molar-refractivity contribution in [3.05, 3.63) is 64.6 Å². The lowest BCUT2D eigenvalue weighted by Crippen LogP contribution is -2.15. The number of nitriles is 1. The summed E-state index contributed by atoms with van der Waals surface area (Å²) in [4.78, 5) is 12.9. The molecule has 2 aromatic carbocycles. The first-order valence-corrected chi connectivity index (χ1v) is 9.65. The van der Waals surface area contributed by atoms with Gasteiger partial charge in [-0.2, -0.15) is 5.26 Å². The molecule has 4 rings (SSSR count). The van der Waals surface area contributed by atoms with Crippen LogP contribution in [-0.2, 0) is 13.1 Å². The lowest BCUT2D eigenvalue weighted by Gasteiger charge is -2.15. The number of pyridine rings is 1. The van der Waals surface area contributed by atoms with Crippen molar-refractivity contribution in [1.29, 1.82) is 5.26 Å². The lowest BCUT2D eigenvalue weighted by atomic mass is 10.1. The van der Waals surface area contributed by atoms with E-state index in [1.165, 1.54) is 11.8 Å². The first-order chi connectivity index (χ1) is 13.2. The molecule has 2 heterocycles. The first-order valence-electron chi connectivity index (χ1n) is 8.66. The molecule has 0 aliphatic rings. The Kier molecular flexibility index (Phi) is 4.65. The Balaban J connectivity index is 1.92. The molecule has 4 aromatic rings. The first kappa shape index (κ1) is 17.3. The molecular weight excluding hydrogens is 358 g/mol. The molecule has 0 unspecified atom stereocenters. The van der Waals surface area contributed by atoms with Gasteiger partial charge in [0.1, 0.15) is 0 Å². The van der Waals surface area contributed by atoms with Gasteiger partial charge < -0.3 is 9.13 Å². The third-order valence-electron chi connectivity index (χ3n) is 4.55. The van der Waals surface area contributed by atoms with Crippen molar-refractivity contribution in [2.45, 2.75) is 25.2 Å². The molecule has 2 aromatic heterocycles. The topological polar surface area (TPSA) is 76.5 Å². The van der Waals surface area contributed by atoms with Gasteiger partial charge in [0.25, 0.3) is 0 Å². The second-order valence-electron chi connectivity index (χ2n) is 6.04. The Bertz CT molecular complexity index is 1170. The number of aromatic nitrogens is 4. The molecule has 0 fully saturated rings. The zero-order chi connectivity index (χ0) is 18.8. The molecule has 134 valence electrons. The van der Waals surface area contributed by atoms with E-state index in [0.29, 0.717) is 29.6 Å². The Hall–Kier alpha value is -3.11. The van der Waals surface area contributed by atoms with E-state index in [2.05, 4.69) is 20.8 Å². The molecule has 0 saturated carbocycles. The van der Waals surface area contributed by atoms with Crippen LogP contribution in [0.2, 0.25) is 0 Å². The maximum Gasteiger partial charge on any atom is 0.197 e. The van der Waals surface area contributed by atoms with Crippen LogP contribution in [0.3, 0.4) is 0 Å². The molecule has 6 nitrogen and oxygen atoms in total. The van der Waals surface area contributed by atoms with E-state index in [4.69, 9.17) is 5.26 Å². The Morgan fingerprint density at radius 2 is 1.63 bits per heavy atom. The highest BCUT2D eigenvalue weighted by molar-refractivity contribution is 7.99. The van der Waals surface area contributed by atoms with E-state index in [0.717, 1.165) is 22.0 Å². The zero-order valence-electron chi connectivity index (χ0n) is 14.8. The summed E-state index contributed by atoms with van der Waals surface area (Å²) >= 11 is 1.38. The Morgan fingerprint density at radius 3 is 2.22 bits per heavy atom. The largest absolute Gasteiger partial charge is 0.333 e. The maximum absolute atomic E-state index is 12.9. The number of nitrogens with zero attached hydrogens (tertiary/aromatic N) is 5. The van der Waals surface area contributed by atoms with Crippen LogP contribution in [0, 0.1) is 11.3 Å². The summed E-state index contributed by atoms with van der Waals surface area (Å²) in [5, 5.41) is 19.6. The molecule has 0 aliphatic carbocycles. The van der Waals surface area contributed by atoms with Crippen molar-refractivity contribution < 1.29 is 0 Å². The molecule has 0 saturated heterocycles. The van der Waals surface area contributed by atoms with E-state index >= 15 is 0 Å². The fraction of sp³-hybridized carbons (Fsp3) is 0.200. The van der Waals surface area contributed by atoms with E-state index < -0.39 is 0 Å². The normalized spacial score (nSPS) is 11.1. The average Bonchev–Trinajstić information content (AvgIpc) is 3.11. The Labute approximate surface area is 160 Å². The number of benzene rings is 2. The van der Waals surface area contributed by atoms with Crippen molar-refractivity contribution in [1.82, 2.24) is 19.3 Å². The second-order valence-corrected chi connectivity index (χ2v) is 6.98. The molecule has 0 spiro atoms. The standard InChI is InChI=1S/C20H17N5OS/c1-2-24-18(22-23-20(24)27-12-11-21)13-25-16-9-5-3-7-14(16)19(26)15-8-4-6-10-17(15)25/h3-10H,2,12-13H2,1H3. The zero-order valence-corrected chi connectivity index (χ0v) is 15.6. The van der Waals surface area contributed by atoms with E-state index in [1.807, 2.05) is 60.0 Å². The second kappa shape index (κ2) is 7.25. The molecular formula is C20H17N5OS. The van der Waals surface area contributed by atoms with Gasteiger partial charge in [-0.25, -0.2) is 0 Å². The fourth-order valence-electron chi connectivity index (χ4n) is 3.35. The van der Waals surface area contributed by atoms with Crippen LogP contribution in [0.5, 0.6) is 0 Å². The van der Waals surface area contributed by atoms with Crippen LogP contribution in [0.25, 0.3) is 21.8 Å². The SMILES string of the molecule is CCn1c(Cn2c3ccccc3c(=O)c3ccccc32)nnc1SCC#N. The molecule has 7 heteroatoms. The summed E-state index contributed by atoms with van der Waals surface area (Å²) in [6, 6.07) is 17.4. The van der Waals surface area contributed by atoms with Crippen molar-refractivity contribution in [2.24, 2.45) is 0 Å². The fourth-order valence-corrected chi connectivity index (χ4v) is 4.03. The summed E-state index contributed by atoms with van der Waals surface area (Å²) < 4.78 is 4.13. The highest BCUT2D eigenvalue weighted by Gasteiger charge is 2.15. The average molecular weight is 375 g/mol. The van der Waals surface area contributed by atoms with Crippen molar-refractivity contribution in [2.75, 3.05) is 5.75 Å². The predicted octanol–water partition coefficient (Wildman–Crippen LogP) is 3.43. The van der Waals surface area contributed by atoms with Crippen LogP contribution in [0.1, 0.15) is 12.7 Å². The van der Waals surface area contributed by atoms with Crippen LogP contribution < -0.4 is 5.43 Å². The molecule has 0 radical (unpaired) electrons. The summed E-state index contributed by atoms with van der Waals surface area (Å²) in [5.41, 5.74) is 1.79. The summed E-state index contributed by atoms with van der Waals surface area (Å²) in [5.74, 6) is 1.14. The number of hydrogen-bond donors (Lipinski definition) is 0. The highest BCUT2D eigenvalue weighted by atomic mass is 32.2. The highest BCUT2D eigenvalue weighted by Crippen LogP contribution is 2.22. The molecule has 0 N–H and O–H groups in total. The molecule has 0 atom stereocenters. The minimum absolute atomic E-state index is 0.0414. The van der Waals surface area contributed by atoms with E-state index in [1.54, 1.807) is 0 Å². The predicted molar refractivity (Wildman–Crippen MR) is 107 cm³/mol.